The van der Waals surface area contributed by atoms with Crippen LogP contribution >= 0.6 is 27.5 Å². The van der Waals surface area contributed by atoms with Gasteiger partial charge in [0.2, 0.25) is 0 Å². The van der Waals surface area contributed by atoms with Gasteiger partial charge in [0.15, 0.2) is 0 Å². The van der Waals surface area contributed by atoms with Gasteiger partial charge in [-0.15, -0.1) is 0 Å². The molecule has 0 saturated carbocycles. The molecule has 1 heterocycles. The lowest BCUT2D eigenvalue weighted by atomic mass is 10.1. The van der Waals surface area contributed by atoms with Gasteiger partial charge in [0.25, 0.3) is 0 Å². The number of pyridine rings is 1. The van der Waals surface area contributed by atoms with Gasteiger partial charge in [-0.3, -0.25) is 4.98 Å². The van der Waals surface area contributed by atoms with Crippen LogP contribution in [0, 0.1) is 0 Å². The molecule has 4 heteroatoms. The highest BCUT2D eigenvalue weighted by molar-refractivity contribution is 9.10. The number of rotatable bonds is 3. The quantitative estimate of drug-likeness (QED) is 0.699. The second-order valence-corrected chi connectivity index (χ2v) is 5.86. The Hall–Kier alpha value is -1.58. The first-order valence-corrected chi connectivity index (χ1v) is 7.42. The summed E-state index contributed by atoms with van der Waals surface area (Å²) in [6.07, 6.45) is 1.79. The summed E-state index contributed by atoms with van der Waals surface area (Å²) in [5.74, 6) is 0. The van der Waals surface area contributed by atoms with Gasteiger partial charge >= 0.3 is 0 Å². The highest BCUT2D eigenvalue weighted by Crippen LogP contribution is 2.25. The molecule has 0 aliphatic carbocycles. The molecule has 3 rings (SSSR count). The van der Waals surface area contributed by atoms with Gasteiger partial charge in [-0.1, -0.05) is 39.7 Å². The van der Waals surface area contributed by atoms with Crippen LogP contribution in [0.4, 0.5) is 5.69 Å². The van der Waals surface area contributed by atoms with Gasteiger partial charge in [0.05, 0.1) is 5.52 Å². The molecule has 0 atom stereocenters. The third kappa shape index (κ3) is 2.94. The average molecular weight is 348 g/mol. The summed E-state index contributed by atoms with van der Waals surface area (Å²) in [4.78, 5) is 4.34. The molecule has 0 unspecified atom stereocenters. The van der Waals surface area contributed by atoms with Crippen molar-refractivity contribution in [2.45, 2.75) is 6.54 Å². The number of anilines is 1. The van der Waals surface area contributed by atoms with E-state index in [-0.39, 0.29) is 0 Å². The van der Waals surface area contributed by atoms with Gasteiger partial charge in [-0.2, -0.15) is 0 Å². The van der Waals surface area contributed by atoms with E-state index in [0.29, 0.717) is 5.02 Å². The molecule has 2 aromatic carbocycles. The molecule has 0 bridgehead atoms. The van der Waals surface area contributed by atoms with Crippen LogP contribution in [-0.2, 0) is 6.54 Å². The van der Waals surface area contributed by atoms with Crippen molar-refractivity contribution in [3.63, 3.8) is 0 Å². The standard InChI is InChI=1S/C16H12BrClN2/c17-12-3-1-2-11(8-12)10-20-15-6-7-19-16-9-13(18)4-5-14(15)16/h1-9H,10H2,(H,19,20). The Balaban J connectivity index is 1.87. The van der Waals surface area contributed by atoms with Crippen LogP contribution < -0.4 is 5.32 Å². The van der Waals surface area contributed by atoms with Crippen LogP contribution in [0.3, 0.4) is 0 Å². The van der Waals surface area contributed by atoms with Crippen molar-refractivity contribution in [1.82, 2.24) is 4.98 Å². The van der Waals surface area contributed by atoms with Crippen molar-refractivity contribution in [3.8, 4) is 0 Å². The fourth-order valence-corrected chi connectivity index (χ4v) is 2.73. The molecule has 0 amide bonds. The lowest BCUT2D eigenvalue weighted by Gasteiger charge is -2.10. The molecule has 0 radical (unpaired) electrons. The number of hydrogen-bond acceptors (Lipinski definition) is 2. The maximum atomic E-state index is 6.00. The van der Waals surface area contributed by atoms with Crippen molar-refractivity contribution in [2.75, 3.05) is 5.32 Å². The van der Waals surface area contributed by atoms with Gasteiger partial charge in [0, 0.05) is 33.3 Å². The molecule has 0 aliphatic heterocycles. The van der Waals surface area contributed by atoms with Gasteiger partial charge in [-0.25, -0.2) is 0 Å². The summed E-state index contributed by atoms with van der Waals surface area (Å²) < 4.78 is 1.09. The minimum Gasteiger partial charge on any atom is -0.380 e. The predicted molar refractivity (Wildman–Crippen MR) is 88.2 cm³/mol. The number of nitrogens with zero attached hydrogens (tertiary/aromatic N) is 1. The fraction of sp³-hybridized carbons (Fsp3) is 0.0625. The molecule has 1 N–H and O–H groups in total. The van der Waals surface area contributed by atoms with E-state index in [2.05, 4.69) is 38.4 Å². The maximum absolute atomic E-state index is 6.00. The summed E-state index contributed by atoms with van der Waals surface area (Å²) in [7, 11) is 0. The Morgan fingerprint density at radius 3 is 2.85 bits per heavy atom. The maximum Gasteiger partial charge on any atom is 0.0737 e. The molecular weight excluding hydrogens is 336 g/mol. The number of nitrogens with one attached hydrogen (secondary N) is 1. The van der Waals surface area contributed by atoms with E-state index < -0.39 is 0 Å². The van der Waals surface area contributed by atoms with E-state index in [9.17, 15) is 0 Å². The third-order valence-corrected chi connectivity index (χ3v) is 3.81. The number of halogens is 2. The Morgan fingerprint density at radius 2 is 2.00 bits per heavy atom. The monoisotopic (exact) mass is 346 g/mol. The SMILES string of the molecule is Clc1ccc2c(NCc3cccc(Br)c3)ccnc2c1. The van der Waals surface area contributed by atoms with Gasteiger partial charge in [-0.05, 0) is 42.0 Å². The van der Waals surface area contributed by atoms with Gasteiger partial charge < -0.3 is 5.32 Å². The van der Waals surface area contributed by atoms with Crippen molar-refractivity contribution < 1.29 is 0 Å². The Bertz CT molecular complexity index is 758. The zero-order valence-corrected chi connectivity index (χ0v) is 12.9. The van der Waals surface area contributed by atoms with E-state index >= 15 is 0 Å². The number of hydrogen-bond donors (Lipinski definition) is 1. The number of fused-ring (bicyclic) bond motifs is 1. The number of benzene rings is 2. The van der Waals surface area contributed by atoms with E-state index in [1.165, 1.54) is 5.56 Å². The van der Waals surface area contributed by atoms with Gasteiger partial charge in [0.1, 0.15) is 0 Å². The van der Waals surface area contributed by atoms with Crippen LogP contribution in [0.1, 0.15) is 5.56 Å². The predicted octanol–water partition coefficient (Wildman–Crippen LogP) is 5.26. The molecule has 0 aliphatic rings. The largest absolute Gasteiger partial charge is 0.380 e. The number of aromatic nitrogens is 1. The van der Waals surface area contributed by atoms with Crippen LogP contribution in [0.25, 0.3) is 10.9 Å². The zero-order valence-electron chi connectivity index (χ0n) is 10.6. The second-order valence-electron chi connectivity index (χ2n) is 4.50. The van der Waals surface area contributed by atoms with Crippen LogP contribution in [-0.4, -0.2) is 4.98 Å². The van der Waals surface area contributed by atoms with Crippen LogP contribution in [0.5, 0.6) is 0 Å². The molecule has 1 aromatic heterocycles. The molecule has 2 nitrogen and oxygen atoms in total. The minimum absolute atomic E-state index is 0.703. The summed E-state index contributed by atoms with van der Waals surface area (Å²) in [5.41, 5.74) is 3.18. The Kier molecular flexibility index (Phi) is 3.90. The highest BCUT2D eigenvalue weighted by atomic mass is 79.9. The lowest BCUT2D eigenvalue weighted by molar-refractivity contribution is 1.15. The van der Waals surface area contributed by atoms with Crippen LogP contribution in [0.15, 0.2) is 59.2 Å². The highest BCUT2D eigenvalue weighted by Gasteiger charge is 2.02. The molecule has 20 heavy (non-hydrogen) atoms. The normalized spacial score (nSPS) is 10.7. The lowest BCUT2D eigenvalue weighted by Crippen LogP contribution is -2.00. The topological polar surface area (TPSA) is 24.9 Å². The fourth-order valence-electron chi connectivity index (χ4n) is 2.12. The van der Waals surface area contributed by atoms with E-state index in [1.54, 1.807) is 6.20 Å². The molecule has 0 saturated heterocycles. The molecule has 100 valence electrons. The molecule has 0 spiro atoms. The Labute approximate surface area is 130 Å². The first-order valence-electron chi connectivity index (χ1n) is 6.25. The van der Waals surface area contributed by atoms with Crippen molar-refractivity contribution in [3.05, 3.63) is 69.8 Å². The molecule has 3 aromatic rings. The summed E-state index contributed by atoms with van der Waals surface area (Å²) in [5, 5.41) is 5.23. The van der Waals surface area contributed by atoms with Crippen molar-refractivity contribution >= 4 is 44.1 Å². The third-order valence-electron chi connectivity index (χ3n) is 3.08. The smallest absolute Gasteiger partial charge is 0.0737 e. The average Bonchev–Trinajstić information content (AvgIpc) is 2.44. The van der Waals surface area contributed by atoms with Crippen molar-refractivity contribution in [2.24, 2.45) is 0 Å². The zero-order chi connectivity index (χ0) is 13.9. The summed E-state index contributed by atoms with van der Waals surface area (Å²) in [6, 6.07) is 16.0. The van der Waals surface area contributed by atoms with Crippen LogP contribution in [0.2, 0.25) is 5.02 Å². The second kappa shape index (κ2) is 5.81. The molecule has 0 fully saturated rings. The molecular formula is C16H12BrClN2. The Morgan fingerprint density at radius 1 is 1.10 bits per heavy atom. The first kappa shape index (κ1) is 13.4. The minimum atomic E-state index is 0.703. The van der Waals surface area contributed by atoms with E-state index in [0.717, 1.165) is 27.6 Å². The summed E-state index contributed by atoms with van der Waals surface area (Å²) in [6.45, 7) is 0.765. The van der Waals surface area contributed by atoms with E-state index in [1.807, 2.05) is 36.4 Å². The van der Waals surface area contributed by atoms with E-state index in [4.69, 9.17) is 11.6 Å². The summed E-state index contributed by atoms with van der Waals surface area (Å²) >= 11 is 9.48. The van der Waals surface area contributed by atoms with Crippen molar-refractivity contribution in [1.29, 1.82) is 0 Å². The first-order chi connectivity index (χ1) is 9.72.